The standard InChI is InChI=1S/C22H30ClF3N2O/c1-20(2)6-5-16(17(10-20)15-4-3-14(24)9-18(15)23)19(29)28-8-7-21(11-27-12-21)22(25,26)13-28/h3-4,9,16-17,19,27,29H,5-8,10-13H2,1-2H3/t16-,17+,19?/m0/s1. The van der Waals surface area contributed by atoms with Crippen molar-refractivity contribution in [3.63, 3.8) is 0 Å². The number of nitrogens with one attached hydrogen (secondary N) is 1. The minimum Gasteiger partial charge on any atom is -0.378 e. The number of piperidine rings is 1. The highest BCUT2D eigenvalue weighted by atomic mass is 35.5. The van der Waals surface area contributed by atoms with Crippen molar-refractivity contribution >= 4 is 11.6 Å². The van der Waals surface area contributed by atoms with E-state index in [4.69, 9.17) is 11.6 Å². The van der Waals surface area contributed by atoms with Gasteiger partial charge in [0.15, 0.2) is 0 Å². The lowest BCUT2D eigenvalue weighted by Crippen LogP contribution is -2.70. The van der Waals surface area contributed by atoms with Gasteiger partial charge in [-0.15, -0.1) is 0 Å². The molecule has 162 valence electrons. The van der Waals surface area contributed by atoms with Crippen molar-refractivity contribution in [1.29, 1.82) is 0 Å². The Labute approximate surface area is 175 Å². The molecule has 2 heterocycles. The molecule has 3 atom stereocenters. The summed E-state index contributed by atoms with van der Waals surface area (Å²) in [7, 11) is 0. The van der Waals surface area contributed by atoms with Crippen molar-refractivity contribution in [2.45, 2.75) is 57.6 Å². The summed E-state index contributed by atoms with van der Waals surface area (Å²) < 4.78 is 43.3. The first-order valence-electron chi connectivity index (χ1n) is 10.5. The summed E-state index contributed by atoms with van der Waals surface area (Å²) in [5.74, 6) is -3.54. The van der Waals surface area contributed by atoms with Crippen LogP contribution >= 0.6 is 11.6 Å². The maximum Gasteiger partial charge on any atom is 0.268 e. The van der Waals surface area contributed by atoms with Gasteiger partial charge in [0, 0.05) is 30.6 Å². The Bertz CT molecular complexity index is 768. The molecule has 2 aliphatic heterocycles. The molecule has 1 aliphatic carbocycles. The van der Waals surface area contributed by atoms with E-state index in [0.29, 0.717) is 31.1 Å². The van der Waals surface area contributed by atoms with Gasteiger partial charge in [0.05, 0.1) is 12.0 Å². The Morgan fingerprint density at radius 1 is 1.24 bits per heavy atom. The number of hydrogen-bond acceptors (Lipinski definition) is 3. The Hall–Kier alpha value is -0.820. The van der Waals surface area contributed by atoms with Crippen LogP contribution in [0.15, 0.2) is 18.2 Å². The van der Waals surface area contributed by atoms with Gasteiger partial charge in [-0.1, -0.05) is 31.5 Å². The highest BCUT2D eigenvalue weighted by Crippen LogP contribution is 2.52. The number of aliphatic hydroxyl groups is 1. The summed E-state index contributed by atoms with van der Waals surface area (Å²) in [5.41, 5.74) is -0.114. The average Bonchev–Trinajstić information content (AvgIpc) is 2.58. The van der Waals surface area contributed by atoms with Gasteiger partial charge in [0.25, 0.3) is 5.92 Å². The number of alkyl halides is 2. The summed E-state index contributed by atoms with van der Waals surface area (Å²) >= 11 is 6.36. The highest BCUT2D eigenvalue weighted by Gasteiger charge is 2.60. The largest absolute Gasteiger partial charge is 0.378 e. The van der Waals surface area contributed by atoms with Crippen molar-refractivity contribution < 1.29 is 18.3 Å². The van der Waals surface area contributed by atoms with E-state index in [2.05, 4.69) is 19.2 Å². The van der Waals surface area contributed by atoms with Gasteiger partial charge in [-0.3, -0.25) is 4.90 Å². The lowest BCUT2D eigenvalue weighted by atomic mass is 9.64. The Kier molecular flexibility index (Phi) is 5.46. The minimum atomic E-state index is -2.82. The number of likely N-dealkylation sites (tertiary alicyclic amines) is 1. The first kappa shape index (κ1) is 21.4. The fourth-order valence-corrected chi connectivity index (χ4v) is 5.82. The number of benzene rings is 1. The lowest BCUT2D eigenvalue weighted by molar-refractivity contribution is -0.217. The van der Waals surface area contributed by atoms with E-state index in [0.717, 1.165) is 24.8 Å². The van der Waals surface area contributed by atoms with Gasteiger partial charge >= 0.3 is 0 Å². The lowest BCUT2D eigenvalue weighted by Gasteiger charge is -2.55. The summed E-state index contributed by atoms with van der Waals surface area (Å²) in [4.78, 5) is 1.55. The zero-order valence-electron chi connectivity index (χ0n) is 17.0. The fraction of sp³-hybridized carbons (Fsp3) is 0.727. The summed E-state index contributed by atoms with van der Waals surface area (Å²) in [6, 6.07) is 4.36. The number of halogens is 4. The molecule has 4 rings (SSSR count). The summed E-state index contributed by atoms with van der Waals surface area (Å²) in [6.07, 6.45) is 1.82. The second kappa shape index (κ2) is 7.40. The third-order valence-electron chi connectivity index (χ3n) is 7.54. The predicted octanol–water partition coefficient (Wildman–Crippen LogP) is 4.64. The van der Waals surface area contributed by atoms with Crippen molar-refractivity contribution in [2.24, 2.45) is 16.7 Å². The Morgan fingerprint density at radius 3 is 2.55 bits per heavy atom. The van der Waals surface area contributed by atoms with Crippen molar-refractivity contribution in [2.75, 3.05) is 26.2 Å². The molecular weight excluding hydrogens is 401 g/mol. The van der Waals surface area contributed by atoms with Gasteiger partial charge in [0.2, 0.25) is 0 Å². The zero-order valence-corrected chi connectivity index (χ0v) is 17.8. The van der Waals surface area contributed by atoms with Crippen molar-refractivity contribution in [3.8, 4) is 0 Å². The molecule has 3 fully saturated rings. The minimum absolute atomic E-state index is 0.0477. The molecular formula is C22H30ClF3N2O. The molecule has 1 saturated carbocycles. The van der Waals surface area contributed by atoms with Crippen LogP contribution in [0.4, 0.5) is 13.2 Å². The van der Waals surface area contributed by atoms with Crippen LogP contribution in [0.2, 0.25) is 5.02 Å². The molecule has 3 nitrogen and oxygen atoms in total. The van der Waals surface area contributed by atoms with Gasteiger partial charge < -0.3 is 10.4 Å². The third kappa shape index (κ3) is 3.82. The quantitative estimate of drug-likeness (QED) is 0.733. The molecule has 2 N–H and O–H groups in total. The van der Waals surface area contributed by atoms with E-state index in [1.807, 2.05) is 0 Å². The maximum absolute atomic E-state index is 14.9. The molecule has 7 heteroatoms. The van der Waals surface area contributed by atoms with Crippen LogP contribution in [0.5, 0.6) is 0 Å². The molecule has 1 aromatic rings. The number of nitrogens with zero attached hydrogens (tertiary/aromatic N) is 1. The van der Waals surface area contributed by atoms with E-state index in [1.54, 1.807) is 11.0 Å². The molecule has 3 aliphatic rings. The van der Waals surface area contributed by atoms with Crippen LogP contribution in [0.25, 0.3) is 0 Å². The molecule has 1 aromatic carbocycles. The van der Waals surface area contributed by atoms with Crippen molar-refractivity contribution in [3.05, 3.63) is 34.6 Å². The SMILES string of the molecule is CC1(C)CC[C@H](C(O)N2CCC3(CNC3)C(F)(F)C2)[C@@H](c2ccc(F)cc2Cl)C1. The van der Waals surface area contributed by atoms with Gasteiger partial charge in [-0.2, -0.15) is 0 Å². The fourth-order valence-electron chi connectivity index (χ4n) is 5.51. The molecule has 0 radical (unpaired) electrons. The van der Waals surface area contributed by atoms with Gasteiger partial charge in [-0.25, -0.2) is 13.2 Å². The average molecular weight is 431 g/mol. The first-order valence-corrected chi connectivity index (χ1v) is 10.9. The third-order valence-corrected chi connectivity index (χ3v) is 7.87. The number of hydrogen-bond donors (Lipinski definition) is 2. The monoisotopic (exact) mass is 430 g/mol. The summed E-state index contributed by atoms with van der Waals surface area (Å²) in [6.45, 7) is 5.07. The zero-order chi connectivity index (χ0) is 21.0. The van der Waals surface area contributed by atoms with Crippen LogP contribution in [0.1, 0.15) is 51.0 Å². The number of rotatable bonds is 3. The van der Waals surface area contributed by atoms with E-state index in [1.165, 1.54) is 12.1 Å². The van der Waals surface area contributed by atoms with Crippen LogP contribution < -0.4 is 5.32 Å². The Balaban J connectivity index is 1.58. The Morgan fingerprint density at radius 2 is 1.97 bits per heavy atom. The van der Waals surface area contributed by atoms with E-state index < -0.39 is 29.9 Å². The van der Waals surface area contributed by atoms with Gasteiger partial charge in [-0.05, 0) is 54.7 Å². The molecule has 29 heavy (non-hydrogen) atoms. The van der Waals surface area contributed by atoms with Gasteiger partial charge in [0.1, 0.15) is 12.0 Å². The molecule has 0 aromatic heterocycles. The highest BCUT2D eigenvalue weighted by molar-refractivity contribution is 6.31. The first-order chi connectivity index (χ1) is 13.5. The molecule has 2 saturated heterocycles. The molecule has 1 unspecified atom stereocenters. The molecule has 0 bridgehead atoms. The van der Waals surface area contributed by atoms with Crippen LogP contribution in [-0.4, -0.2) is 48.3 Å². The van der Waals surface area contributed by atoms with E-state index >= 15 is 0 Å². The maximum atomic E-state index is 14.9. The topological polar surface area (TPSA) is 35.5 Å². The second-order valence-electron chi connectivity index (χ2n) is 10.1. The smallest absolute Gasteiger partial charge is 0.268 e. The molecule has 0 amide bonds. The van der Waals surface area contributed by atoms with Crippen LogP contribution in [-0.2, 0) is 0 Å². The predicted molar refractivity (Wildman–Crippen MR) is 108 cm³/mol. The van der Waals surface area contributed by atoms with Crippen LogP contribution in [0, 0.1) is 22.6 Å². The summed E-state index contributed by atoms with van der Waals surface area (Å²) in [5, 5.41) is 14.5. The number of aliphatic hydroxyl groups excluding tert-OH is 1. The van der Waals surface area contributed by atoms with Crippen molar-refractivity contribution in [1.82, 2.24) is 10.2 Å². The normalized spacial score (nSPS) is 32.0. The van der Waals surface area contributed by atoms with E-state index in [-0.39, 0.29) is 17.3 Å². The molecule has 1 spiro atoms. The van der Waals surface area contributed by atoms with Crippen LogP contribution in [0.3, 0.4) is 0 Å². The second-order valence-corrected chi connectivity index (χ2v) is 10.5. The van der Waals surface area contributed by atoms with E-state index in [9.17, 15) is 18.3 Å².